The van der Waals surface area contributed by atoms with Crippen molar-refractivity contribution >= 4 is 5.91 Å². The van der Waals surface area contributed by atoms with Gasteiger partial charge >= 0.3 is 0 Å². The number of ether oxygens (including phenoxy) is 2. The second kappa shape index (κ2) is 7.17. The third kappa shape index (κ3) is 3.95. The van der Waals surface area contributed by atoms with Gasteiger partial charge in [0.05, 0.1) is 5.69 Å². The van der Waals surface area contributed by atoms with Crippen molar-refractivity contribution in [2.75, 3.05) is 6.54 Å². The average Bonchev–Trinajstić information content (AvgIpc) is 2.89. The molecule has 3 atom stereocenters. The van der Waals surface area contributed by atoms with E-state index in [0.29, 0.717) is 18.0 Å². The van der Waals surface area contributed by atoms with Crippen LogP contribution in [0.3, 0.4) is 0 Å². The molecule has 1 aliphatic rings. The van der Waals surface area contributed by atoms with E-state index in [9.17, 15) is 4.79 Å². The predicted octanol–water partition coefficient (Wildman–Crippen LogP) is 2.48. The number of amides is 1. The zero-order chi connectivity index (χ0) is 18.0. The highest BCUT2D eigenvalue weighted by atomic mass is 16.6. The Bertz CT molecular complexity index is 756. The molecule has 0 radical (unpaired) electrons. The molecule has 3 rings (SSSR count). The first-order chi connectivity index (χ1) is 11.9. The van der Waals surface area contributed by atoms with Crippen LogP contribution in [-0.2, 0) is 11.3 Å². The number of nitrogens with zero attached hydrogens (tertiary/aromatic N) is 2. The zero-order valence-electron chi connectivity index (χ0n) is 15.2. The monoisotopic (exact) mass is 343 g/mol. The molecule has 1 aliphatic heterocycles. The molecule has 6 heteroatoms. The predicted molar refractivity (Wildman–Crippen MR) is 94.8 cm³/mol. The van der Waals surface area contributed by atoms with E-state index in [2.05, 4.69) is 23.4 Å². The molecule has 134 valence electrons. The van der Waals surface area contributed by atoms with Crippen LogP contribution in [0.1, 0.15) is 25.2 Å². The molecule has 2 aromatic rings. The van der Waals surface area contributed by atoms with E-state index in [0.717, 1.165) is 17.9 Å². The number of carbonyl (C=O) groups excluding carboxylic acids is 1. The van der Waals surface area contributed by atoms with Gasteiger partial charge in [-0.2, -0.15) is 5.10 Å². The lowest BCUT2D eigenvalue weighted by atomic mass is 10.1. The molecule has 0 bridgehead atoms. The van der Waals surface area contributed by atoms with Gasteiger partial charge in [0.15, 0.2) is 11.5 Å². The van der Waals surface area contributed by atoms with Gasteiger partial charge < -0.3 is 14.8 Å². The number of nitrogens with one attached hydrogen (secondary N) is 1. The summed E-state index contributed by atoms with van der Waals surface area (Å²) in [5, 5.41) is 7.44. The number of benzene rings is 1. The number of hydrogen-bond donors (Lipinski definition) is 1. The van der Waals surface area contributed by atoms with E-state index < -0.39 is 6.10 Å². The quantitative estimate of drug-likeness (QED) is 0.906. The summed E-state index contributed by atoms with van der Waals surface area (Å²) in [5.41, 5.74) is 2.14. The van der Waals surface area contributed by atoms with Crippen molar-refractivity contribution < 1.29 is 14.3 Å². The minimum atomic E-state index is -0.643. The summed E-state index contributed by atoms with van der Waals surface area (Å²) in [7, 11) is 0. The van der Waals surface area contributed by atoms with Crippen LogP contribution in [0.25, 0.3) is 0 Å². The minimum Gasteiger partial charge on any atom is -0.482 e. The summed E-state index contributed by atoms with van der Waals surface area (Å²) in [6.45, 7) is 9.28. The molecule has 2 heterocycles. The highest BCUT2D eigenvalue weighted by molar-refractivity contribution is 5.82. The summed E-state index contributed by atoms with van der Waals surface area (Å²) in [5.74, 6) is 1.39. The highest BCUT2D eigenvalue weighted by Gasteiger charge is 2.33. The number of aromatic nitrogens is 2. The summed E-state index contributed by atoms with van der Waals surface area (Å²) in [6, 6.07) is 9.46. The third-order valence-electron chi connectivity index (χ3n) is 4.31. The van der Waals surface area contributed by atoms with Crippen molar-refractivity contribution in [1.82, 2.24) is 15.1 Å². The van der Waals surface area contributed by atoms with Crippen LogP contribution in [0.15, 0.2) is 30.3 Å². The molecule has 1 amide bonds. The lowest BCUT2D eigenvalue weighted by Gasteiger charge is -2.31. The van der Waals surface area contributed by atoms with Crippen LogP contribution in [0.5, 0.6) is 11.5 Å². The summed E-state index contributed by atoms with van der Waals surface area (Å²) < 4.78 is 13.6. The van der Waals surface area contributed by atoms with Gasteiger partial charge in [-0.05, 0) is 44.9 Å². The summed E-state index contributed by atoms with van der Waals surface area (Å²) >= 11 is 0. The van der Waals surface area contributed by atoms with Crippen molar-refractivity contribution in [3.63, 3.8) is 0 Å². The smallest absolute Gasteiger partial charge is 0.265 e. The van der Waals surface area contributed by atoms with E-state index in [-0.39, 0.29) is 17.9 Å². The maximum Gasteiger partial charge on any atom is 0.265 e. The minimum absolute atomic E-state index is 0.151. The molecule has 0 saturated carbocycles. The van der Waals surface area contributed by atoms with Gasteiger partial charge in [0, 0.05) is 18.8 Å². The molecule has 0 fully saturated rings. The van der Waals surface area contributed by atoms with Gasteiger partial charge in [0.2, 0.25) is 6.10 Å². The third-order valence-corrected chi connectivity index (χ3v) is 4.31. The standard InChI is InChI=1S/C19H25N3O3/c1-12(11-22-14(3)9-13(2)21-22)10-20-19(23)18-15(4)24-16-7-5-6-8-17(16)25-18/h5-9,12,15,18H,10-11H2,1-4H3,(H,20,23)/t12-,15-,18-/m1/s1. The summed E-state index contributed by atoms with van der Waals surface area (Å²) in [4.78, 5) is 12.5. The van der Waals surface area contributed by atoms with E-state index >= 15 is 0 Å². The van der Waals surface area contributed by atoms with Crippen LogP contribution >= 0.6 is 0 Å². The second-order valence-electron chi connectivity index (χ2n) is 6.77. The molecule has 1 N–H and O–H groups in total. The Morgan fingerprint density at radius 1 is 1.28 bits per heavy atom. The first kappa shape index (κ1) is 17.3. The lowest BCUT2D eigenvalue weighted by molar-refractivity contribution is -0.133. The van der Waals surface area contributed by atoms with Crippen LogP contribution in [0.2, 0.25) is 0 Å². The fraction of sp³-hybridized carbons (Fsp3) is 0.474. The van der Waals surface area contributed by atoms with Crippen molar-refractivity contribution in [2.45, 2.75) is 46.4 Å². The SMILES string of the molecule is Cc1cc(C)n(C[C@H](C)CNC(=O)[C@@H]2Oc3ccccc3O[C@@H]2C)n1. The number of rotatable bonds is 5. The molecule has 0 spiro atoms. The first-order valence-electron chi connectivity index (χ1n) is 8.65. The van der Waals surface area contributed by atoms with Crippen molar-refractivity contribution in [3.8, 4) is 11.5 Å². The Morgan fingerprint density at radius 2 is 1.96 bits per heavy atom. The molecule has 0 aliphatic carbocycles. The highest BCUT2D eigenvalue weighted by Crippen LogP contribution is 2.33. The normalized spacial score (nSPS) is 20.2. The molecular formula is C19H25N3O3. The van der Waals surface area contributed by atoms with E-state index in [4.69, 9.17) is 9.47 Å². The molecular weight excluding hydrogens is 318 g/mol. The molecule has 25 heavy (non-hydrogen) atoms. The van der Waals surface area contributed by atoms with Gasteiger partial charge in [-0.3, -0.25) is 9.48 Å². The maximum absolute atomic E-state index is 12.5. The molecule has 1 aromatic heterocycles. The topological polar surface area (TPSA) is 65.4 Å². The number of aryl methyl sites for hydroxylation is 2. The fourth-order valence-corrected chi connectivity index (χ4v) is 3.00. The van der Waals surface area contributed by atoms with Crippen molar-refractivity contribution in [2.24, 2.45) is 5.92 Å². The largest absolute Gasteiger partial charge is 0.482 e. The Kier molecular flexibility index (Phi) is 4.97. The number of carbonyl (C=O) groups is 1. The zero-order valence-corrected chi connectivity index (χ0v) is 15.2. The Morgan fingerprint density at radius 3 is 2.60 bits per heavy atom. The van der Waals surface area contributed by atoms with E-state index in [1.54, 1.807) is 0 Å². The molecule has 0 unspecified atom stereocenters. The number of para-hydroxylation sites is 2. The van der Waals surface area contributed by atoms with Crippen molar-refractivity contribution in [3.05, 3.63) is 41.7 Å². The maximum atomic E-state index is 12.5. The van der Waals surface area contributed by atoms with E-state index in [1.807, 2.05) is 49.7 Å². The molecule has 6 nitrogen and oxygen atoms in total. The Labute approximate surface area is 148 Å². The van der Waals surface area contributed by atoms with Crippen molar-refractivity contribution in [1.29, 1.82) is 0 Å². The molecule has 1 aromatic carbocycles. The van der Waals surface area contributed by atoms with Gasteiger partial charge in [-0.15, -0.1) is 0 Å². The van der Waals surface area contributed by atoms with E-state index in [1.165, 1.54) is 0 Å². The van der Waals surface area contributed by atoms with Crippen LogP contribution in [0, 0.1) is 19.8 Å². The van der Waals surface area contributed by atoms with Crippen LogP contribution in [-0.4, -0.2) is 34.4 Å². The fourth-order valence-electron chi connectivity index (χ4n) is 3.00. The van der Waals surface area contributed by atoms with Gasteiger partial charge in [0.25, 0.3) is 5.91 Å². The lowest BCUT2D eigenvalue weighted by Crippen LogP contribution is -2.49. The number of hydrogen-bond acceptors (Lipinski definition) is 4. The Hall–Kier alpha value is -2.50. The van der Waals surface area contributed by atoms with Gasteiger partial charge in [-0.25, -0.2) is 0 Å². The van der Waals surface area contributed by atoms with Gasteiger partial charge in [0.1, 0.15) is 6.10 Å². The average molecular weight is 343 g/mol. The molecule has 0 saturated heterocycles. The first-order valence-corrected chi connectivity index (χ1v) is 8.65. The number of fused-ring (bicyclic) bond motifs is 1. The summed E-state index contributed by atoms with van der Waals surface area (Å²) in [6.07, 6.45) is -0.975. The van der Waals surface area contributed by atoms with Gasteiger partial charge in [-0.1, -0.05) is 19.1 Å². The Balaban J connectivity index is 1.55. The van der Waals surface area contributed by atoms with Crippen LogP contribution < -0.4 is 14.8 Å². The second-order valence-corrected chi connectivity index (χ2v) is 6.77. The van der Waals surface area contributed by atoms with Crippen LogP contribution in [0.4, 0.5) is 0 Å².